The van der Waals surface area contributed by atoms with Gasteiger partial charge in [-0.3, -0.25) is 9.69 Å². The van der Waals surface area contributed by atoms with Crippen molar-refractivity contribution in [2.45, 2.75) is 20.4 Å². The van der Waals surface area contributed by atoms with E-state index in [9.17, 15) is 4.79 Å². The van der Waals surface area contributed by atoms with Crippen LogP contribution in [0.5, 0.6) is 0 Å². The third kappa shape index (κ3) is 4.69. The smallest absolute Gasteiger partial charge is 0.259 e. The van der Waals surface area contributed by atoms with E-state index in [4.69, 9.17) is 4.42 Å². The molecule has 2 heterocycles. The summed E-state index contributed by atoms with van der Waals surface area (Å²) in [5, 5.41) is 2.95. The van der Waals surface area contributed by atoms with Gasteiger partial charge in [0, 0.05) is 44.1 Å². The fourth-order valence-corrected chi connectivity index (χ4v) is 3.82. The van der Waals surface area contributed by atoms with E-state index >= 15 is 0 Å². The van der Waals surface area contributed by atoms with Crippen molar-refractivity contribution in [1.82, 2.24) is 4.90 Å². The zero-order valence-corrected chi connectivity index (χ0v) is 17.0. The molecule has 5 heteroatoms. The Morgan fingerprint density at radius 1 is 0.966 bits per heavy atom. The van der Waals surface area contributed by atoms with Gasteiger partial charge in [-0.1, -0.05) is 30.3 Å². The third-order valence-corrected chi connectivity index (χ3v) is 5.40. The Hall–Kier alpha value is -3.05. The number of benzene rings is 2. The molecule has 5 nitrogen and oxygen atoms in total. The topological polar surface area (TPSA) is 48.7 Å². The predicted octanol–water partition coefficient (Wildman–Crippen LogP) is 4.47. The maximum absolute atomic E-state index is 12.4. The molecule has 0 unspecified atom stereocenters. The first-order valence-corrected chi connectivity index (χ1v) is 10.1. The molecule has 4 rings (SSSR count). The zero-order chi connectivity index (χ0) is 20.2. The van der Waals surface area contributed by atoms with Gasteiger partial charge < -0.3 is 14.6 Å². The molecule has 29 heavy (non-hydrogen) atoms. The number of hydrogen-bond acceptors (Lipinski definition) is 4. The SMILES string of the molecule is Cc1cc(C(=O)Nc2ccc(N3CCN(Cc4ccccc4)CC3)cc2)c(C)o1. The van der Waals surface area contributed by atoms with E-state index < -0.39 is 0 Å². The summed E-state index contributed by atoms with van der Waals surface area (Å²) < 4.78 is 5.45. The molecule has 1 aliphatic heterocycles. The van der Waals surface area contributed by atoms with Crippen molar-refractivity contribution >= 4 is 17.3 Å². The second-order valence-electron chi connectivity index (χ2n) is 7.58. The first-order chi connectivity index (χ1) is 14.1. The van der Waals surface area contributed by atoms with Crippen molar-refractivity contribution in [1.29, 1.82) is 0 Å². The summed E-state index contributed by atoms with van der Waals surface area (Å²) in [4.78, 5) is 17.3. The number of nitrogens with zero attached hydrogens (tertiary/aromatic N) is 2. The third-order valence-electron chi connectivity index (χ3n) is 5.40. The summed E-state index contributed by atoms with van der Waals surface area (Å²) in [5.41, 5.74) is 3.93. The van der Waals surface area contributed by atoms with Crippen molar-refractivity contribution in [3.63, 3.8) is 0 Å². The van der Waals surface area contributed by atoms with Crippen LogP contribution in [0.1, 0.15) is 27.4 Å². The quantitative estimate of drug-likeness (QED) is 0.699. The van der Waals surface area contributed by atoms with Crippen molar-refractivity contribution in [3.05, 3.63) is 83.3 Å². The average molecular weight is 389 g/mol. The number of carbonyl (C=O) groups excluding carboxylic acids is 1. The van der Waals surface area contributed by atoms with E-state index in [1.165, 1.54) is 11.3 Å². The van der Waals surface area contributed by atoms with Gasteiger partial charge in [-0.05, 0) is 49.7 Å². The second kappa shape index (κ2) is 8.53. The second-order valence-corrected chi connectivity index (χ2v) is 7.58. The van der Waals surface area contributed by atoms with Crippen LogP contribution in [0.3, 0.4) is 0 Å². The van der Waals surface area contributed by atoms with E-state index in [0.29, 0.717) is 11.3 Å². The Morgan fingerprint density at radius 2 is 1.66 bits per heavy atom. The summed E-state index contributed by atoms with van der Waals surface area (Å²) in [5.74, 6) is 1.25. The Labute approximate surface area is 171 Å². The number of piperazine rings is 1. The highest BCUT2D eigenvalue weighted by Gasteiger charge is 2.18. The minimum Gasteiger partial charge on any atom is -0.466 e. The highest BCUT2D eigenvalue weighted by molar-refractivity contribution is 6.05. The van der Waals surface area contributed by atoms with Crippen LogP contribution in [0, 0.1) is 13.8 Å². The summed E-state index contributed by atoms with van der Waals surface area (Å²) in [7, 11) is 0. The molecule has 2 aromatic carbocycles. The molecule has 1 N–H and O–H groups in total. The summed E-state index contributed by atoms with van der Waals surface area (Å²) in [6.45, 7) is 8.77. The van der Waals surface area contributed by atoms with Crippen molar-refractivity contribution in [2.75, 3.05) is 36.4 Å². The van der Waals surface area contributed by atoms with Crippen LogP contribution in [-0.4, -0.2) is 37.0 Å². The minimum atomic E-state index is -0.137. The number of amides is 1. The van der Waals surface area contributed by atoms with Gasteiger partial charge in [-0.25, -0.2) is 0 Å². The molecular weight excluding hydrogens is 362 g/mol. The van der Waals surface area contributed by atoms with Crippen LogP contribution in [0.15, 0.2) is 65.1 Å². The molecule has 0 spiro atoms. The first-order valence-electron chi connectivity index (χ1n) is 10.1. The van der Waals surface area contributed by atoms with Gasteiger partial charge in [0.25, 0.3) is 5.91 Å². The number of hydrogen-bond donors (Lipinski definition) is 1. The molecule has 0 saturated carbocycles. The molecule has 0 atom stereocenters. The van der Waals surface area contributed by atoms with Gasteiger partial charge in [-0.2, -0.15) is 0 Å². The zero-order valence-electron chi connectivity index (χ0n) is 17.0. The van der Waals surface area contributed by atoms with E-state index in [-0.39, 0.29) is 5.91 Å². The van der Waals surface area contributed by atoms with Crippen molar-refractivity contribution in [3.8, 4) is 0 Å². The molecule has 1 aliphatic rings. The van der Waals surface area contributed by atoms with Gasteiger partial charge in [0.15, 0.2) is 0 Å². The summed E-state index contributed by atoms with van der Waals surface area (Å²) in [6, 6.07) is 20.5. The highest BCUT2D eigenvalue weighted by atomic mass is 16.3. The Bertz CT molecular complexity index is 956. The lowest BCUT2D eigenvalue weighted by Gasteiger charge is -2.36. The van der Waals surface area contributed by atoms with Gasteiger partial charge in [0.05, 0.1) is 5.56 Å². The lowest BCUT2D eigenvalue weighted by atomic mass is 10.2. The molecule has 1 fully saturated rings. The molecule has 1 aromatic heterocycles. The van der Waals surface area contributed by atoms with Gasteiger partial charge in [-0.15, -0.1) is 0 Å². The largest absolute Gasteiger partial charge is 0.466 e. The van der Waals surface area contributed by atoms with Gasteiger partial charge in [0.1, 0.15) is 11.5 Å². The van der Waals surface area contributed by atoms with Crippen molar-refractivity contribution < 1.29 is 9.21 Å². The van der Waals surface area contributed by atoms with Crippen LogP contribution in [0.25, 0.3) is 0 Å². The van der Waals surface area contributed by atoms with Crippen LogP contribution >= 0.6 is 0 Å². The molecule has 150 valence electrons. The fraction of sp³-hybridized carbons (Fsp3) is 0.292. The average Bonchev–Trinajstić information content (AvgIpc) is 3.08. The lowest BCUT2D eigenvalue weighted by molar-refractivity contribution is 0.102. The van der Waals surface area contributed by atoms with Crippen LogP contribution in [-0.2, 0) is 6.54 Å². The maximum atomic E-state index is 12.4. The molecule has 1 saturated heterocycles. The number of rotatable bonds is 5. The Balaban J connectivity index is 1.31. The predicted molar refractivity (Wildman–Crippen MR) is 117 cm³/mol. The van der Waals surface area contributed by atoms with Gasteiger partial charge in [0.2, 0.25) is 0 Å². The van der Waals surface area contributed by atoms with Crippen molar-refractivity contribution in [2.24, 2.45) is 0 Å². The molecule has 0 radical (unpaired) electrons. The number of nitrogens with one attached hydrogen (secondary N) is 1. The summed E-state index contributed by atoms with van der Waals surface area (Å²) >= 11 is 0. The summed E-state index contributed by atoms with van der Waals surface area (Å²) in [6.07, 6.45) is 0. The lowest BCUT2D eigenvalue weighted by Crippen LogP contribution is -2.45. The molecule has 1 amide bonds. The number of aryl methyl sites for hydroxylation is 2. The maximum Gasteiger partial charge on any atom is 0.259 e. The standard InChI is InChI=1S/C24H27N3O2/c1-18-16-23(19(2)29-18)24(28)25-21-8-10-22(11-9-21)27-14-12-26(13-15-27)17-20-6-4-3-5-7-20/h3-11,16H,12-15,17H2,1-2H3,(H,25,28). The Kier molecular flexibility index (Phi) is 5.67. The molecule has 3 aromatic rings. The van der Waals surface area contributed by atoms with E-state index in [1.807, 2.05) is 26.0 Å². The van der Waals surface area contributed by atoms with Crippen LogP contribution < -0.4 is 10.2 Å². The highest BCUT2D eigenvalue weighted by Crippen LogP contribution is 2.21. The van der Waals surface area contributed by atoms with E-state index in [0.717, 1.165) is 44.2 Å². The van der Waals surface area contributed by atoms with Crippen LogP contribution in [0.4, 0.5) is 11.4 Å². The fourth-order valence-electron chi connectivity index (χ4n) is 3.82. The molecular formula is C24H27N3O2. The van der Waals surface area contributed by atoms with Gasteiger partial charge >= 0.3 is 0 Å². The van der Waals surface area contributed by atoms with E-state index in [2.05, 4.69) is 57.6 Å². The van der Waals surface area contributed by atoms with Crippen LogP contribution in [0.2, 0.25) is 0 Å². The Morgan fingerprint density at radius 3 is 2.28 bits per heavy atom. The molecule has 0 aliphatic carbocycles. The number of anilines is 2. The monoisotopic (exact) mass is 389 g/mol. The minimum absolute atomic E-state index is 0.137. The van der Waals surface area contributed by atoms with E-state index in [1.54, 1.807) is 6.07 Å². The normalized spacial score (nSPS) is 14.8. The molecule has 0 bridgehead atoms. The number of furan rings is 1. The first kappa shape index (κ1) is 19.3. The number of carbonyl (C=O) groups is 1.